The molecule has 0 spiro atoms. The van der Waals surface area contributed by atoms with Crippen molar-refractivity contribution >= 4 is 12.1 Å². The minimum absolute atomic E-state index is 0.0783. The Morgan fingerprint density at radius 3 is 1.85 bits per heavy atom. The number of nitrogens with zero attached hydrogens (tertiary/aromatic N) is 1. The first kappa shape index (κ1) is 26.3. The fourth-order valence-corrected chi connectivity index (χ4v) is 2.14. The molecular formula is C15H7F13N2O3. The molecule has 1 amide bonds. The molecule has 0 saturated heterocycles. The molecule has 0 fully saturated rings. The summed E-state index contributed by atoms with van der Waals surface area (Å²) in [4.78, 5) is 11.2. The number of hydrazone groups is 1. The predicted octanol–water partition coefficient (Wildman–Crippen LogP) is 4.60. The lowest BCUT2D eigenvalue weighted by Crippen LogP contribution is -2.71. The second-order valence-electron chi connectivity index (χ2n) is 6.18. The van der Waals surface area contributed by atoms with Crippen LogP contribution >= 0.6 is 0 Å². The lowest BCUT2D eigenvalue weighted by Gasteiger charge is -2.38. The number of carbonyl (C=O) groups excluding carboxylic acids is 1. The predicted molar refractivity (Wildman–Crippen MR) is 79.1 cm³/mol. The van der Waals surface area contributed by atoms with Gasteiger partial charge in [-0.2, -0.15) is 62.2 Å². The van der Waals surface area contributed by atoms with Crippen LogP contribution in [0.3, 0.4) is 0 Å². The maximum atomic E-state index is 13.6. The molecule has 33 heavy (non-hydrogen) atoms. The van der Waals surface area contributed by atoms with Gasteiger partial charge >= 0.3 is 41.7 Å². The molecule has 1 aliphatic heterocycles. The van der Waals surface area contributed by atoms with E-state index >= 15 is 0 Å². The van der Waals surface area contributed by atoms with Crippen molar-refractivity contribution in [2.45, 2.75) is 35.8 Å². The van der Waals surface area contributed by atoms with Gasteiger partial charge < -0.3 is 9.47 Å². The first-order valence-electron chi connectivity index (χ1n) is 7.91. The number of carbonyl (C=O) groups is 1. The van der Waals surface area contributed by atoms with Crippen LogP contribution in [0.5, 0.6) is 11.5 Å². The molecule has 1 aromatic carbocycles. The normalized spacial score (nSPS) is 15.8. The van der Waals surface area contributed by atoms with Crippen LogP contribution in [0.2, 0.25) is 0 Å². The van der Waals surface area contributed by atoms with Crippen LogP contribution in [0, 0.1) is 0 Å². The Hall–Kier alpha value is -2.95. The van der Waals surface area contributed by atoms with Crippen molar-refractivity contribution in [2.75, 3.05) is 6.79 Å². The zero-order chi connectivity index (χ0) is 25.7. The summed E-state index contributed by atoms with van der Waals surface area (Å²) in [6, 6.07) is 3.49. The summed E-state index contributed by atoms with van der Waals surface area (Å²) in [5.74, 6) is -41.9. The van der Waals surface area contributed by atoms with Crippen LogP contribution in [0.1, 0.15) is 5.56 Å². The van der Waals surface area contributed by atoms with E-state index < -0.39 is 41.7 Å². The smallest absolute Gasteiger partial charge is 0.454 e. The second kappa shape index (κ2) is 7.82. The number of ether oxygens (including phenoxy) is 2. The molecule has 1 aliphatic rings. The monoisotopic (exact) mass is 510 g/mol. The number of nitrogens with one attached hydrogen (secondary N) is 1. The number of fused-ring (bicyclic) bond motifs is 1. The van der Waals surface area contributed by atoms with Gasteiger partial charge in [0, 0.05) is 0 Å². The highest BCUT2D eigenvalue weighted by Gasteiger charge is 2.91. The molecule has 0 atom stereocenters. The molecule has 0 aliphatic carbocycles. The fourth-order valence-electron chi connectivity index (χ4n) is 2.14. The van der Waals surface area contributed by atoms with E-state index in [-0.39, 0.29) is 23.9 Å². The Morgan fingerprint density at radius 2 is 1.30 bits per heavy atom. The van der Waals surface area contributed by atoms with Crippen molar-refractivity contribution in [1.29, 1.82) is 0 Å². The number of halogens is 13. The maximum Gasteiger partial charge on any atom is 0.460 e. The number of rotatable bonds is 7. The highest BCUT2D eigenvalue weighted by atomic mass is 19.4. The molecule has 0 radical (unpaired) electrons. The molecule has 0 aromatic heterocycles. The summed E-state index contributed by atoms with van der Waals surface area (Å²) < 4.78 is 179. The number of alkyl halides is 13. The van der Waals surface area contributed by atoms with Crippen molar-refractivity contribution in [3.05, 3.63) is 23.8 Å². The minimum Gasteiger partial charge on any atom is -0.454 e. The van der Waals surface area contributed by atoms with Crippen LogP contribution in [-0.2, 0) is 4.79 Å². The van der Waals surface area contributed by atoms with Gasteiger partial charge in [0.15, 0.2) is 11.5 Å². The van der Waals surface area contributed by atoms with Gasteiger partial charge in [-0.15, -0.1) is 0 Å². The summed E-state index contributed by atoms with van der Waals surface area (Å²) >= 11 is 0. The molecule has 18 heteroatoms. The third kappa shape index (κ3) is 3.98. The topological polar surface area (TPSA) is 59.9 Å². The van der Waals surface area contributed by atoms with Gasteiger partial charge in [-0.25, -0.2) is 5.43 Å². The Labute approximate surface area is 173 Å². The number of benzene rings is 1. The molecule has 1 aromatic rings. The Morgan fingerprint density at radius 1 is 0.788 bits per heavy atom. The molecule has 0 bridgehead atoms. The van der Waals surface area contributed by atoms with Gasteiger partial charge in [0.25, 0.3) is 0 Å². The lowest BCUT2D eigenvalue weighted by atomic mass is 9.93. The third-order valence-electron chi connectivity index (χ3n) is 3.99. The van der Waals surface area contributed by atoms with Gasteiger partial charge in [-0.1, -0.05) is 0 Å². The average molecular weight is 510 g/mol. The van der Waals surface area contributed by atoms with Gasteiger partial charge in [0.05, 0.1) is 6.21 Å². The zero-order valence-corrected chi connectivity index (χ0v) is 15.1. The second-order valence-corrected chi connectivity index (χ2v) is 6.18. The Kier molecular flexibility index (Phi) is 6.24. The lowest BCUT2D eigenvalue weighted by molar-refractivity contribution is -0.436. The summed E-state index contributed by atoms with van der Waals surface area (Å²) in [5, 5.41) is 2.68. The summed E-state index contributed by atoms with van der Waals surface area (Å²) in [6.45, 7) is -0.208. The minimum atomic E-state index is -8.10. The van der Waals surface area contributed by atoms with Gasteiger partial charge in [0.1, 0.15) is 0 Å². The number of hydrogen-bond donors (Lipinski definition) is 1. The summed E-state index contributed by atoms with van der Waals surface area (Å²) in [6.07, 6.45) is -7.08. The molecule has 186 valence electrons. The summed E-state index contributed by atoms with van der Waals surface area (Å²) in [7, 11) is 0. The van der Waals surface area contributed by atoms with E-state index in [1.165, 1.54) is 6.07 Å². The Balaban J connectivity index is 2.27. The third-order valence-corrected chi connectivity index (χ3v) is 3.99. The van der Waals surface area contributed by atoms with Crippen molar-refractivity contribution in [3.8, 4) is 11.5 Å². The van der Waals surface area contributed by atoms with E-state index in [0.29, 0.717) is 11.6 Å². The van der Waals surface area contributed by atoms with Crippen LogP contribution in [0.15, 0.2) is 23.3 Å². The first-order chi connectivity index (χ1) is 14.7. The number of hydrogen-bond acceptors (Lipinski definition) is 4. The van der Waals surface area contributed by atoms with E-state index in [4.69, 9.17) is 9.47 Å². The van der Waals surface area contributed by atoms with E-state index in [9.17, 15) is 61.9 Å². The molecule has 2 rings (SSSR count). The van der Waals surface area contributed by atoms with E-state index in [1.54, 1.807) is 0 Å². The molecule has 5 nitrogen and oxygen atoms in total. The highest BCUT2D eigenvalue weighted by molar-refractivity contribution is 5.87. The quantitative estimate of drug-likeness (QED) is 0.332. The van der Waals surface area contributed by atoms with Crippen molar-refractivity contribution in [3.63, 3.8) is 0 Å². The van der Waals surface area contributed by atoms with Crippen LogP contribution in [0.4, 0.5) is 57.1 Å². The Bertz CT molecular complexity index is 943. The number of amides is 1. The van der Waals surface area contributed by atoms with E-state index in [0.717, 1.165) is 12.1 Å². The van der Waals surface area contributed by atoms with E-state index in [2.05, 4.69) is 5.10 Å². The van der Waals surface area contributed by atoms with Crippen molar-refractivity contribution in [2.24, 2.45) is 5.10 Å². The van der Waals surface area contributed by atoms with Crippen LogP contribution < -0.4 is 14.9 Å². The van der Waals surface area contributed by atoms with Crippen molar-refractivity contribution < 1.29 is 71.3 Å². The summed E-state index contributed by atoms with van der Waals surface area (Å²) in [5.41, 5.74) is 0.492. The standard InChI is InChI=1S/C15H7F13N2O3/c16-10(17,9(31)30-29-4-6-1-2-7-8(3-6)33-5-32-7)11(18,19)12(20,21)13(22,23)14(24,25)15(26,27)28/h1-4H,5H2,(H,30,31)/b29-4-. The largest absolute Gasteiger partial charge is 0.460 e. The molecule has 0 saturated carbocycles. The van der Waals surface area contributed by atoms with Crippen LogP contribution in [-0.4, -0.2) is 54.7 Å². The van der Waals surface area contributed by atoms with Gasteiger partial charge in [0.2, 0.25) is 6.79 Å². The molecule has 1 N–H and O–H groups in total. The SMILES string of the molecule is O=C(N/N=C\c1ccc2c(c1)OCO2)C(F)(F)C(F)(F)C(F)(F)C(F)(F)C(F)(F)C(F)(F)F. The van der Waals surface area contributed by atoms with E-state index in [1.807, 2.05) is 0 Å². The zero-order valence-electron chi connectivity index (χ0n) is 15.1. The maximum absolute atomic E-state index is 13.6. The average Bonchev–Trinajstić information content (AvgIpc) is 3.14. The molecule has 1 heterocycles. The first-order valence-corrected chi connectivity index (χ1v) is 7.91. The highest BCUT2D eigenvalue weighted by Crippen LogP contribution is 2.60. The van der Waals surface area contributed by atoms with Crippen molar-refractivity contribution in [1.82, 2.24) is 5.43 Å². The van der Waals surface area contributed by atoms with Gasteiger partial charge in [-0.3, -0.25) is 4.79 Å². The fraction of sp³-hybridized carbons (Fsp3) is 0.467. The van der Waals surface area contributed by atoms with Gasteiger partial charge in [-0.05, 0) is 23.8 Å². The molecule has 0 unspecified atom stereocenters. The van der Waals surface area contributed by atoms with Crippen LogP contribution in [0.25, 0.3) is 0 Å². The molecular weight excluding hydrogens is 503 g/mol.